The van der Waals surface area contributed by atoms with Crippen LogP contribution >= 0.6 is 0 Å². The van der Waals surface area contributed by atoms with Crippen molar-refractivity contribution >= 4 is 0 Å². The highest BCUT2D eigenvalue weighted by atomic mass is 19.3. The van der Waals surface area contributed by atoms with Gasteiger partial charge in [-0.25, -0.2) is 13.2 Å². The predicted octanol–water partition coefficient (Wildman–Crippen LogP) is 5.64. The average molecular weight is 463 g/mol. The molecule has 2 aromatic carbocycles. The van der Waals surface area contributed by atoms with E-state index in [1.807, 2.05) is 24.3 Å². The van der Waals surface area contributed by atoms with E-state index in [1.165, 1.54) is 13.8 Å². The molecular formula is C27H34F4N2. The lowest BCUT2D eigenvalue weighted by atomic mass is 9.75. The molecule has 180 valence electrons. The molecule has 0 bridgehead atoms. The molecule has 2 aliphatic rings. The fourth-order valence-electron chi connectivity index (χ4n) is 5.48. The molecule has 2 aromatic rings. The fourth-order valence-corrected chi connectivity index (χ4v) is 5.48. The molecule has 0 N–H and O–H groups in total. The van der Waals surface area contributed by atoms with Gasteiger partial charge in [-0.05, 0) is 61.9 Å². The molecule has 33 heavy (non-hydrogen) atoms. The molecule has 1 unspecified atom stereocenters. The van der Waals surface area contributed by atoms with E-state index in [2.05, 4.69) is 4.90 Å². The van der Waals surface area contributed by atoms with E-state index < -0.39 is 17.6 Å². The Morgan fingerprint density at radius 1 is 1.06 bits per heavy atom. The van der Waals surface area contributed by atoms with Crippen molar-refractivity contribution in [2.24, 2.45) is 5.92 Å². The quantitative estimate of drug-likeness (QED) is 0.446. The number of halogens is 4. The lowest BCUT2D eigenvalue weighted by Crippen LogP contribution is -2.58. The van der Waals surface area contributed by atoms with E-state index >= 15 is 8.78 Å². The lowest BCUT2D eigenvalue weighted by molar-refractivity contribution is -0.0580. The topological polar surface area (TPSA) is 6.48 Å². The van der Waals surface area contributed by atoms with Gasteiger partial charge < -0.3 is 4.90 Å². The molecule has 2 heterocycles. The molecule has 0 aromatic heterocycles. The number of alkyl halides is 4. The molecule has 0 spiro atoms. The number of aryl methyl sites for hydroxylation is 1. The number of hydrogen-bond donors (Lipinski definition) is 0. The maximum Gasteiger partial charge on any atom is 0.265 e. The highest BCUT2D eigenvalue weighted by Gasteiger charge is 2.52. The Kier molecular flexibility index (Phi) is 7.15. The summed E-state index contributed by atoms with van der Waals surface area (Å²) >= 11 is 0. The number of likely N-dealkylation sites (tertiary alicyclic amines) is 1. The zero-order valence-corrected chi connectivity index (χ0v) is 19.5. The van der Waals surface area contributed by atoms with Gasteiger partial charge in [0.1, 0.15) is 11.2 Å². The summed E-state index contributed by atoms with van der Waals surface area (Å²) in [5.41, 5.74) is -0.196. The molecule has 6 heteroatoms. The Morgan fingerprint density at radius 2 is 1.76 bits per heavy atom. The minimum atomic E-state index is -2.71. The number of nitrogens with zero attached hydrogens (tertiary/aromatic N) is 2. The molecule has 0 amide bonds. The van der Waals surface area contributed by atoms with Gasteiger partial charge in [0.15, 0.2) is 0 Å². The summed E-state index contributed by atoms with van der Waals surface area (Å²) < 4.78 is 57.4. The summed E-state index contributed by atoms with van der Waals surface area (Å²) in [5, 5.41) is 0. The molecule has 0 radical (unpaired) electrons. The Labute approximate surface area is 194 Å². The highest BCUT2D eigenvalue weighted by Crippen LogP contribution is 2.46. The average Bonchev–Trinajstić information content (AvgIpc) is 2.74. The van der Waals surface area contributed by atoms with Crippen molar-refractivity contribution in [1.82, 2.24) is 9.80 Å². The first-order chi connectivity index (χ1) is 15.7. The molecule has 1 fully saturated rings. The van der Waals surface area contributed by atoms with E-state index in [0.29, 0.717) is 24.1 Å². The second-order valence-corrected chi connectivity index (χ2v) is 10.2. The fraction of sp³-hybridized carbons (Fsp3) is 0.556. The van der Waals surface area contributed by atoms with Crippen LogP contribution in [0.15, 0.2) is 48.5 Å². The normalized spacial score (nSPS) is 22.4. The van der Waals surface area contributed by atoms with Crippen molar-refractivity contribution in [2.45, 2.75) is 50.7 Å². The van der Waals surface area contributed by atoms with Crippen LogP contribution in [0.5, 0.6) is 0 Å². The van der Waals surface area contributed by atoms with Crippen LogP contribution in [0.2, 0.25) is 0 Å². The third-order valence-corrected chi connectivity index (χ3v) is 7.05. The first kappa shape index (κ1) is 24.2. The highest BCUT2D eigenvalue weighted by molar-refractivity contribution is 5.47. The van der Waals surface area contributed by atoms with Gasteiger partial charge in [0.2, 0.25) is 0 Å². The molecular weight excluding hydrogens is 428 g/mol. The smallest absolute Gasteiger partial charge is 0.265 e. The third-order valence-electron chi connectivity index (χ3n) is 7.05. The Hall–Kier alpha value is -1.92. The van der Waals surface area contributed by atoms with Crippen LogP contribution in [0.4, 0.5) is 17.6 Å². The minimum Gasteiger partial charge on any atom is -0.302 e. The Balaban J connectivity index is 1.58. The second-order valence-electron chi connectivity index (χ2n) is 10.2. The number of hydrogen-bond acceptors (Lipinski definition) is 2. The van der Waals surface area contributed by atoms with Crippen molar-refractivity contribution in [3.63, 3.8) is 0 Å². The first-order valence-corrected chi connectivity index (χ1v) is 11.9. The molecule has 1 saturated heterocycles. The van der Waals surface area contributed by atoms with Gasteiger partial charge in [-0.15, -0.1) is 0 Å². The number of benzene rings is 2. The minimum absolute atomic E-state index is 0.0663. The predicted molar refractivity (Wildman–Crippen MR) is 124 cm³/mol. The summed E-state index contributed by atoms with van der Waals surface area (Å²) in [7, 11) is 0. The maximum absolute atomic E-state index is 15.1. The van der Waals surface area contributed by atoms with E-state index in [1.54, 1.807) is 29.2 Å². The molecule has 2 nitrogen and oxygen atoms in total. The van der Waals surface area contributed by atoms with Gasteiger partial charge in [0.05, 0.1) is 6.67 Å². The summed E-state index contributed by atoms with van der Waals surface area (Å²) in [6, 6.07) is 14.8. The van der Waals surface area contributed by atoms with E-state index in [4.69, 9.17) is 0 Å². The maximum atomic E-state index is 15.1. The van der Waals surface area contributed by atoms with Gasteiger partial charge in [-0.1, -0.05) is 48.5 Å². The Bertz CT molecular complexity index is 918. The van der Waals surface area contributed by atoms with Gasteiger partial charge >= 0.3 is 0 Å². The van der Waals surface area contributed by atoms with Crippen LogP contribution < -0.4 is 0 Å². The molecule has 4 rings (SSSR count). The standard InChI is InChI=1S/C27H34F4N2/c1-26(2,31)19-33-15-13-22-7-3-4-8-24(22)27(33,25(29)30)23-11-9-20(10-12-23)6-5-14-32-17-21(16-28)18-32/h3-4,7-12,21,25H,5-6,13-19H2,1-2H3. The summed E-state index contributed by atoms with van der Waals surface area (Å²) in [5.74, 6) is 0.186. The van der Waals surface area contributed by atoms with E-state index in [0.717, 1.165) is 43.6 Å². The molecule has 0 saturated carbocycles. The number of fused-ring (bicyclic) bond motifs is 1. The Morgan fingerprint density at radius 3 is 2.39 bits per heavy atom. The SMILES string of the molecule is CC(C)(F)CN1CCc2ccccc2C1(c1ccc(CCCN2CC(CF)C2)cc1)C(F)F. The molecule has 0 aliphatic carbocycles. The van der Waals surface area contributed by atoms with Crippen molar-refractivity contribution in [2.75, 3.05) is 39.4 Å². The monoisotopic (exact) mass is 462 g/mol. The zero-order chi connectivity index (χ0) is 23.6. The van der Waals surface area contributed by atoms with Crippen LogP contribution in [0.3, 0.4) is 0 Å². The van der Waals surface area contributed by atoms with Gasteiger partial charge in [0, 0.05) is 32.1 Å². The summed E-state index contributed by atoms with van der Waals surface area (Å²) in [6.45, 7) is 5.53. The molecule has 1 atom stereocenters. The van der Waals surface area contributed by atoms with Gasteiger partial charge in [0.25, 0.3) is 6.43 Å². The van der Waals surface area contributed by atoms with E-state index in [-0.39, 0.29) is 19.1 Å². The molecule has 2 aliphatic heterocycles. The van der Waals surface area contributed by atoms with Crippen LogP contribution in [-0.2, 0) is 18.4 Å². The van der Waals surface area contributed by atoms with Crippen molar-refractivity contribution in [3.8, 4) is 0 Å². The van der Waals surface area contributed by atoms with Crippen molar-refractivity contribution < 1.29 is 17.6 Å². The van der Waals surface area contributed by atoms with Crippen LogP contribution in [0, 0.1) is 5.92 Å². The van der Waals surface area contributed by atoms with Crippen LogP contribution in [0.25, 0.3) is 0 Å². The van der Waals surface area contributed by atoms with Crippen molar-refractivity contribution in [1.29, 1.82) is 0 Å². The summed E-state index contributed by atoms with van der Waals surface area (Å²) in [6.07, 6.45) is -0.291. The number of rotatable bonds is 9. The van der Waals surface area contributed by atoms with Gasteiger partial charge in [-0.3, -0.25) is 9.29 Å². The van der Waals surface area contributed by atoms with Crippen LogP contribution in [-0.4, -0.2) is 61.3 Å². The third kappa shape index (κ3) is 4.97. The van der Waals surface area contributed by atoms with E-state index in [9.17, 15) is 8.78 Å². The largest absolute Gasteiger partial charge is 0.302 e. The van der Waals surface area contributed by atoms with Gasteiger partial charge in [-0.2, -0.15) is 0 Å². The second kappa shape index (κ2) is 9.75. The van der Waals surface area contributed by atoms with Crippen LogP contribution in [0.1, 0.15) is 42.5 Å². The lowest BCUT2D eigenvalue weighted by Gasteiger charge is -2.49. The zero-order valence-electron chi connectivity index (χ0n) is 19.5. The first-order valence-electron chi connectivity index (χ1n) is 11.9. The summed E-state index contributed by atoms with van der Waals surface area (Å²) in [4.78, 5) is 3.89. The van der Waals surface area contributed by atoms with Crippen molar-refractivity contribution in [3.05, 3.63) is 70.8 Å².